The van der Waals surface area contributed by atoms with Gasteiger partial charge in [0.15, 0.2) is 11.0 Å². The first-order chi connectivity index (χ1) is 15.9. The number of ether oxygens (including phenoxy) is 1. The SMILES string of the molecule is CC(C)Oc1ccc(-c2cccc3c2CC[C@@H]3c2ccc(C3=CC(=O)NS3=O)c(O)c2)cc1. The predicted molar refractivity (Wildman–Crippen MR) is 130 cm³/mol. The number of hydrogen-bond acceptors (Lipinski definition) is 4. The summed E-state index contributed by atoms with van der Waals surface area (Å²) >= 11 is 0. The van der Waals surface area contributed by atoms with E-state index in [1.165, 1.54) is 22.8 Å². The number of benzene rings is 3. The van der Waals surface area contributed by atoms with Crippen LogP contribution in [0.4, 0.5) is 0 Å². The van der Waals surface area contributed by atoms with E-state index in [0.29, 0.717) is 10.5 Å². The molecule has 0 aromatic heterocycles. The Morgan fingerprint density at radius 1 is 1.06 bits per heavy atom. The van der Waals surface area contributed by atoms with Gasteiger partial charge in [-0.15, -0.1) is 0 Å². The topological polar surface area (TPSA) is 75.6 Å². The van der Waals surface area contributed by atoms with Gasteiger partial charge < -0.3 is 9.84 Å². The van der Waals surface area contributed by atoms with Gasteiger partial charge in [0, 0.05) is 17.6 Å². The quantitative estimate of drug-likeness (QED) is 0.559. The van der Waals surface area contributed by atoms with E-state index in [1.807, 2.05) is 32.0 Å². The zero-order valence-corrected chi connectivity index (χ0v) is 19.3. The Balaban J connectivity index is 1.45. The van der Waals surface area contributed by atoms with Crippen molar-refractivity contribution in [3.63, 3.8) is 0 Å². The minimum absolute atomic E-state index is 0.0361. The molecule has 0 fully saturated rings. The minimum Gasteiger partial charge on any atom is -0.507 e. The number of phenolic OH excluding ortho intramolecular Hbond substituents is 1. The van der Waals surface area contributed by atoms with Crippen molar-refractivity contribution in [2.45, 2.75) is 38.7 Å². The van der Waals surface area contributed by atoms with Crippen molar-refractivity contribution in [1.29, 1.82) is 0 Å². The Kier molecular flexibility index (Phi) is 5.54. The van der Waals surface area contributed by atoms with Crippen LogP contribution in [0, 0.1) is 0 Å². The fourth-order valence-corrected chi connectivity index (χ4v) is 5.69. The third kappa shape index (κ3) is 4.07. The standard InChI is InChI=1S/C27H25NO4S/c1-16(2)32-19-9-6-17(7-10-19)20-4-3-5-22-21(12-13-23(20)22)18-8-11-24(25(29)14-18)26-15-27(30)28-33(26)31/h3-11,14-16,21,29H,12-13H2,1-2H3,(H,28,30)/t21-,33?/m1/s1. The molecule has 2 aliphatic rings. The highest BCUT2D eigenvalue weighted by molar-refractivity contribution is 7.94. The highest BCUT2D eigenvalue weighted by atomic mass is 32.2. The van der Waals surface area contributed by atoms with Crippen molar-refractivity contribution < 1.29 is 18.8 Å². The summed E-state index contributed by atoms with van der Waals surface area (Å²) in [6.07, 6.45) is 3.33. The zero-order chi connectivity index (χ0) is 23.1. The van der Waals surface area contributed by atoms with E-state index in [9.17, 15) is 14.1 Å². The molecule has 2 atom stereocenters. The Morgan fingerprint density at radius 3 is 2.52 bits per heavy atom. The second kappa shape index (κ2) is 8.52. The van der Waals surface area contributed by atoms with Gasteiger partial charge in [0.1, 0.15) is 11.5 Å². The Hall–Kier alpha value is -3.38. The van der Waals surface area contributed by atoms with Crippen molar-refractivity contribution >= 4 is 21.8 Å². The molecule has 1 aliphatic carbocycles. The van der Waals surface area contributed by atoms with Crippen LogP contribution in [-0.2, 0) is 22.2 Å². The van der Waals surface area contributed by atoms with Crippen molar-refractivity contribution in [1.82, 2.24) is 4.72 Å². The molecule has 1 amide bonds. The van der Waals surface area contributed by atoms with E-state index >= 15 is 0 Å². The number of aromatic hydroxyl groups is 1. The molecule has 5 rings (SSSR count). The van der Waals surface area contributed by atoms with Crippen LogP contribution in [0.3, 0.4) is 0 Å². The van der Waals surface area contributed by atoms with Crippen LogP contribution in [0.5, 0.6) is 11.5 Å². The molecule has 0 saturated carbocycles. The first-order valence-electron chi connectivity index (χ1n) is 11.1. The highest BCUT2D eigenvalue weighted by Crippen LogP contribution is 2.44. The molecule has 0 radical (unpaired) electrons. The summed E-state index contributed by atoms with van der Waals surface area (Å²) in [5.41, 5.74) is 6.42. The molecule has 0 saturated heterocycles. The van der Waals surface area contributed by atoms with Crippen LogP contribution in [0.2, 0.25) is 0 Å². The van der Waals surface area contributed by atoms with Gasteiger partial charge in [-0.1, -0.05) is 36.4 Å². The summed E-state index contributed by atoms with van der Waals surface area (Å²) < 4.78 is 20.2. The molecule has 6 heteroatoms. The molecule has 1 heterocycles. The van der Waals surface area contributed by atoms with E-state index < -0.39 is 16.9 Å². The van der Waals surface area contributed by atoms with Crippen LogP contribution < -0.4 is 9.46 Å². The molecule has 3 aromatic rings. The number of carbonyl (C=O) groups excluding carboxylic acids is 1. The number of phenols is 1. The molecule has 33 heavy (non-hydrogen) atoms. The van der Waals surface area contributed by atoms with Crippen LogP contribution >= 0.6 is 0 Å². The van der Waals surface area contributed by atoms with Crippen LogP contribution in [0.25, 0.3) is 16.0 Å². The van der Waals surface area contributed by atoms with Gasteiger partial charge in [-0.2, -0.15) is 0 Å². The number of rotatable bonds is 5. The van der Waals surface area contributed by atoms with Crippen LogP contribution in [0.15, 0.2) is 66.7 Å². The summed E-state index contributed by atoms with van der Waals surface area (Å²) in [6.45, 7) is 4.03. The number of hydrogen-bond donors (Lipinski definition) is 2. The zero-order valence-electron chi connectivity index (χ0n) is 18.5. The fraction of sp³-hybridized carbons (Fsp3) is 0.222. The van der Waals surface area contributed by atoms with Gasteiger partial charge in [-0.25, -0.2) is 4.21 Å². The molecule has 5 nitrogen and oxygen atoms in total. The van der Waals surface area contributed by atoms with Crippen molar-refractivity contribution in [2.75, 3.05) is 0 Å². The second-order valence-corrected chi connectivity index (χ2v) is 9.86. The number of amides is 1. The molecule has 0 bridgehead atoms. The van der Waals surface area contributed by atoms with Gasteiger partial charge in [0.25, 0.3) is 5.91 Å². The lowest BCUT2D eigenvalue weighted by molar-refractivity contribution is -0.114. The van der Waals surface area contributed by atoms with Crippen molar-refractivity contribution in [3.8, 4) is 22.6 Å². The maximum atomic E-state index is 12.1. The lowest BCUT2D eigenvalue weighted by atomic mass is 9.90. The normalized spacial score (nSPS) is 19.4. The van der Waals surface area contributed by atoms with Gasteiger partial charge in [-0.3, -0.25) is 9.52 Å². The smallest absolute Gasteiger partial charge is 0.257 e. The molecule has 3 aromatic carbocycles. The lowest BCUT2D eigenvalue weighted by Gasteiger charge is -2.16. The third-order valence-electron chi connectivity index (χ3n) is 6.15. The summed E-state index contributed by atoms with van der Waals surface area (Å²) in [5, 5.41) is 10.7. The van der Waals surface area contributed by atoms with Crippen molar-refractivity contribution in [3.05, 3.63) is 89.0 Å². The minimum atomic E-state index is -1.63. The maximum absolute atomic E-state index is 12.1. The van der Waals surface area contributed by atoms with Gasteiger partial charge in [-0.05, 0) is 78.8 Å². The molecule has 0 spiro atoms. The Bertz CT molecular complexity index is 1290. The molecular formula is C27H25NO4S. The summed E-state index contributed by atoms with van der Waals surface area (Å²) in [5.74, 6) is 0.665. The first kappa shape index (κ1) is 21.5. The molecule has 168 valence electrons. The number of nitrogens with one attached hydrogen (secondary N) is 1. The molecule has 2 N–H and O–H groups in total. The monoisotopic (exact) mass is 459 g/mol. The fourth-order valence-electron chi connectivity index (χ4n) is 4.76. The average Bonchev–Trinajstić information content (AvgIpc) is 3.36. The summed E-state index contributed by atoms with van der Waals surface area (Å²) in [4.78, 5) is 11.8. The van der Waals surface area contributed by atoms with E-state index in [1.54, 1.807) is 12.1 Å². The Labute approximate surface area is 195 Å². The average molecular weight is 460 g/mol. The maximum Gasteiger partial charge on any atom is 0.257 e. The van der Waals surface area contributed by atoms with Gasteiger partial charge in [0.2, 0.25) is 0 Å². The highest BCUT2D eigenvalue weighted by Gasteiger charge is 2.28. The molecule has 1 unspecified atom stereocenters. The Morgan fingerprint density at radius 2 is 1.85 bits per heavy atom. The number of fused-ring (bicyclic) bond motifs is 1. The van der Waals surface area contributed by atoms with E-state index in [0.717, 1.165) is 29.7 Å². The van der Waals surface area contributed by atoms with E-state index in [-0.39, 0.29) is 17.8 Å². The molecular weight excluding hydrogens is 434 g/mol. The first-order valence-corrected chi connectivity index (χ1v) is 12.2. The van der Waals surface area contributed by atoms with E-state index in [2.05, 4.69) is 35.1 Å². The van der Waals surface area contributed by atoms with Gasteiger partial charge in [0.05, 0.1) is 11.0 Å². The van der Waals surface area contributed by atoms with Crippen molar-refractivity contribution in [2.24, 2.45) is 0 Å². The van der Waals surface area contributed by atoms with E-state index in [4.69, 9.17) is 4.74 Å². The third-order valence-corrected chi connectivity index (χ3v) is 7.28. The van der Waals surface area contributed by atoms with Gasteiger partial charge >= 0.3 is 0 Å². The second-order valence-electron chi connectivity index (χ2n) is 8.68. The van der Waals surface area contributed by atoms with Crippen LogP contribution in [0.1, 0.15) is 48.4 Å². The summed E-state index contributed by atoms with van der Waals surface area (Å²) in [6, 6.07) is 20.1. The summed E-state index contributed by atoms with van der Waals surface area (Å²) in [7, 11) is -1.63. The van der Waals surface area contributed by atoms with Crippen LogP contribution in [-0.4, -0.2) is 21.3 Å². The number of carbonyl (C=O) groups is 1. The molecule has 1 aliphatic heterocycles. The predicted octanol–water partition coefficient (Wildman–Crippen LogP) is 5.06. The lowest BCUT2D eigenvalue weighted by Crippen LogP contribution is -2.16. The largest absolute Gasteiger partial charge is 0.507 e.